The Hall–Kier alpha value is -4.39. The summed E-state index contributed by atoms with van der Waals surface area (Å²) in [5.41, 5.74) is 8.90. The minimum Gasteiger partial charge on any atom is -0.506 e. The minimum atomic E-state index is -1.26. The average molecular weight is 429 g/mol. The summed E-state index contributed by atoms with van der Waals surface area (Å²) in [7, 11) is 0. The van der Waals surface area contributed by atoms with Crippen LogP contribution >= 0.6 is 0 Å². The molecule has 0 bridgehead atoms. The summed E-state index contributed by atoms with van der Waals surface area (Å²) in [6.07, 6.45) is 0. The Bertz CT molecular complexity index is 1320. The molecule has 0 aromatic heterocycles. The number of aromatic hydroxyl groups is 2. The quantitative estimate of drug-likeness (QED) is 0.226. The number of carboxylic acids is 1. The molecule has 0 aliphatic heterocycles. The summed E-state index contributed by atoms with van der Waals surface area (Å²) in [4.78, 5) is 11.3. The fourth-order valence-corrected chi connectivity index (χ4v) is 3.06. The molecule has 0 fully saturated rings. The maximum absolute atomic E-state index is 11.3. The van der Waals surface area contributed by atoms with E-state index in [4.69, 9.17) is 5.73 Å². The van der Waals surface area contributed by atoms with Crippen molar-refractivity contribution in [3.05, 3.63) is 89.5 Å². The second-order valence-corrected chi connectivity index (χ2v) is 7.20. The lowest BCUT2D eigenvalue weighted by atomic mass is 10.0. The van der Waals surface area contributed by atoms with Gasteiger partial charge in [-0.1, -0.05) is 54.1 Å². The molecule has 7 heteroatoms. The van der Waals surface area contributed by atoms with E-state index in [0.29, 0.717) is 10.8 Å². The van der Waals surface area contributed by atoms with Gasteiger partial charge in [0.2, 0.25) is 0 Å². The van der Waals surface area contributed by atoms with Crippen molar-refractivity contribution in [3.63, 3.8) is 0 Å². The van der Waals surface area contributed by atoms with Crippen LogP contribution in [0.1, 0.15) is 21.5 Å². The number of anilines is 1. The van der Waals surface area contributed by atoms with Gasteiger partial charge in [-0.25, -0.2) is 4.79 Å². The Balaban J connectivity index is 0.000000269. The zero-order valence-corrected chi connectivity index (χ0v) is 17.6. The van der Waals surface area contributed by atoms with E-state index in [1.807, 2.05) is 19.1 Å². The van der Waals surface area contributed by atoms with E-state index in [1.54, 1.807) is 42.5 Å². The van der Waals surface area contributed by atoms with Crippen LogP contribution < -0.4 is 5.73 Å². The number of carbonyl (C=O) groups is 1. The summed E-state index contributed by atoms with van der Waals surface area (Å²) in [6.45, 7) is 4.08. The van der Waals surface area contributed by atoms with Crippen LogP contribution in [0.3, 0.4) is 0 Å². The Morgan fingerprint density at radius 1 is 0.875 bits per heavy atom. The van der Waals surface area contributed by atoms with E-state index in [0.717, 1.165) is 11.3 Å². The molecule has 0 heterocycles. The molecule has 0 spiro atoms. The second kappa shape index (κ2) is 9.61. The molecule has 162 valence electrons. The molecule has 0 amide bonds. The fourth-order valence-electron chi connectivity index (χ4n) is 3.06. The third-order valence-electron chi connectivity index (χ3n) is 4.79. The van der Waals surface area contributed by atoms with Crippen molar-refractivity contribution in [2.45, 2.75) is 13.8 Å². The monoisotopic (exact) mass is 429 g/mol. The van der Waals surface area contributed by atoms with Gasteiger partial charge in [0.1, 0.15) is 22.7 Å². The number of benzene rings is 4. The van der Waals surface area contributed by atoms with E-state index >= 15 is 0 Å². The topological polar surface area (TPSA) is 128 Å². The Labute approximate surface area is 185 Å². The highest BCUT2D eigenvalue weighted by Gasteiger charge is 2.17. The van der Waals surface area contributed by atoms with Crippen LogP contribution in [-0.2, 0) is 0 Å². The number of hydrogen-bond acceptors (Lipinski definition) is 6. The Morgan fingerprint density at radius 2 is 1.56 bits per heavy atom. The van der Waals surface area contributed by atoms with Crippen molar-refractivity contribution >= 4 is 33.8 Å². The summed E-state index contributed by atoms with van der Waals surface area (Å²) >= 11 is 0. The van der Waals surface area contributed by atoms with Gasteiger partial charge in [0.25, 0.3) is 0 Å². The second-order valence-electron chi connectivity index (χ2n) is 7.20. The molecule has 5 N–H and O–H groups in total. The first-order valence-electron chi connectivity index (χ1n) is 9.78. The van der Waals surface area contributed by atoms with Crippen molar-refractivity contribution in [1.82, 2.24) is 0 Å². The third-order valence-corrected chi connectivity index (χ3v) is 4.79. The van der Waals surface area contributed by atoms with Crippen LogP contribution in [0.15, 0.2) is 83.0 Å². The molecule has 7 nitrogen and oxygen atoms in total. The number of fused-ring (bicyclic) bond motifs is 1. The Kier molecular flexibility index (Phi) is 6.70. The summed E-state index contributed by atoms with van der Waals surface area (Å²) in [5, 5.41) is 38.2. The van der Waals surface area contributed by atoms with Gasteiger partial charge in [-0.3, -0.25) is 0 Å². The minimum absolute atomic E-state index is 0.0451. The van der Waals surface area contributed by atoms with Crippen molar-refractivity contribution in [2.75, 3.05) is 5.73 Å². The zero-order chi connectivity index (χ0) is 23.3. The van der Waals surface area contributed by atoms with Gasteiger partial charge < -0.3 is 21.1 Å². The smallest absolute Gasteiger partial charge is 0.339 e. The molecule has 0 aliphatic rings. The summed E-state index contributed by atoms with van der Waals surface area (Å²) in [5.74, 6) is -1.78. The average Bonchev–Trinajstić information content (AvgIpc) is 2.77. The maximum Gasteiger partial charge on any atom is 0.339 e. The van der Waals surface area contributed by atoms with E-state index in [1.165, 1.54) is 17.7 Å². The van der Waals surface area contributed by atoms with Crippen LogP contribution in [0.25, 0.3) is 10.8 Å². The van der Waals surface area contributed by atoms with Gasteiger partial charge in [0, 0.05) is 11.1 Å². The van der Waals surface area contributed by atoms with Crippen molar-refractivity contribution in [1.29, 1.82) is 0 Å². The number of rotatable bonds is 3. The highest BCUT2D eigenvalue weighted by molar-refractivity contribution is 6.04. The number of aryl methyl sites for hydroxylation is 2. The maximum atomic E-state index is 11.3. The third kappa shape index (κ3) is 5.02. The van der Waals surface area contributed by atoms with Crippen molar-refractivity contribution in [2.24, 2.45) is 10.2 Å². The highest BCUT2D eigenvalue weighted by Crippen LogP contribution is 2.39. The summed E-state index contributed by atoms with van der Waals surface area (Å²) < 4.78 is 0. The number of nitrogen functional groups attached to an aromatic ring is 1. The number of phenols is 2. The lowest BCUT2D eigenvalue weighted by molar-refractivity contribution is 0.0694. The standard InChI is InChI=1S/C17H12N2O4.C8H11N/c20-14-8-4-3-7-13(14)18-19-15-11-6-2-1-5-10(11)9-12(16(15)21)17(22)23;1-6-3-4-8(9)7(2)5-6/h1-9,20-21H,(H,22,23);3-5H,9H2,1-2H3. The van der Waals surface area contributed by atoms with Crippen LogP contribution in [-0.4, -0.2) is 21.3 Å². The zero-order valence-electron chi connectivity index (χ0n) is 17.6. The number of para-hydroxylation sites is 1. The Morgan fingerprint density at radius 3 is 2.22 bits per heavy atom. The number of hydrogen-bond donors (Lipinski definition) is 4. The van der Waals surface area contributed by atoms with Crippen molar-refractivity contribution < 1.29 is 20.1 Å². The number of aromatic carboxylic acids is 1. The van der Waals surface area contributed by atoms with Gasteiger partial charge in [-0.05, 0) is 49.1 Å². The molecular formula is C25H23N3O4. The van der Waals surface area contributed by atoms with E-state index in [-0.39, 0.29) is 22.7 Å². The number of carboxylic acid groups (broad SMARTS) is 1. The normalized spacial score (nSPS) is 10.7. The SMILES string of the molecule is Cc1ccc(N)c(C)c1.O=C(O)c1cc2ccccc2c(N=Nc2ccccc2O)c1O. The van der Waals surface area contributed by atoms with Crippen molar-refractivity contribution in [3.8, 4) is 11.5 Å². The molecule has 0 aliphatic carbocycles. The van der Waals surface area contributed by atoms with Crippen LogP contribution in [0.2, 0.25) is 0 Å². The largest absolute Gasteiger partial charge is 0.506 e. The van der Waals surface area contributed by atoms with Gasteiger partial charge in [-0.15, -0.1) is 10.2 Å². The number of nitrogens with two attached hydrogens (primary N) is 1. The number of nitrogens with zero attached hydrogens (tertiary/aromatic N) is 2. The van der Waals surface area contributed by atoms with Gasteiger partial charge in [0.05, 0.1) is 0 Å². The molecule has 4 rings (SSSR count). The molecule has 4 aromatic carbocycles. The van der Waals surface area contributed by atoms with E-state index in [2.05, 4.69) is 23.2 Å². The lowest BCUT2D eigenvalue weighted by Gasteiger charge is -2.07. The highest BCUT2D eigenvalue weighted by atomic mass is 16.4. The molecular weight excluding hydrogens is 406 g/mol. The fraction of sp³-hybridized carbons (Fsp3) is 0.0800. The number of phenolic OH excluding ortho intramolecular Hbond substituents is 1. The van der Waals surface area contributed by atoms with Crippen LogP contribution in [0.5, 0.6) is 11.5 Å². The van der Waals surface area contributed by atoms with Gasteiger partial charge in [-0.2, -0.15) is 0 Å². The van der Waals surface area contributed by atoms with Crippen LogP contribution in [0.4, 0.5) is 17.1 Å². The molecule has 0 unspecified atom stereocenters. The predicted octanol–water partition coefficient (Wildman–Crippen LogP) is 6.25. The molecule has 0 saturated heterocycles. The number of azo groups is 1. The first-order valence-corrected chi connectivity index (χ1v) is 9.78. The first-order chi connectivity index (χ1) is 15.3. The molecule has 0 radical (unpaired) electrons. The molecule has 0 saturated carbocycles. The molecule has 0 atom stereocenters. The van der Waals surface area contributed by atoms with E-state index in [9.17, 15) is 20.1 Å². The van der Waals surface area contributed by atoms with Gasteiger partial charge >= 0.3 is 5.97 Å². The summed E-state index contributed by atoms with van der Waals surface area (Å²) in [6, 6.07) is 20.7. The lowest BCUT2D eigenvalue weighted by Crippen LogP contribution is -1.97. The first kappa shape index (κ1) is 22.3. The molecule has 32 heavy (non-hydrogen) atoms. The van der Waals surface area contributed by atoms with Crippen LogP contribution in [0, 0.1) is 13.8 Å². The molecule has 4 aromatic rings. The van der Waals surface area contributed by atoms with Gasteiger partial charge in [0.15, 0.2) is 5.75 Å². The predicted molar refractivity (Wildman–Crippen MR) is 125 cm³/mol. The van der Waals surface area contributed by atoms with E-state index < -0.39 is 11.7 Å².